The second-order valence-corrected chi connectivity index (χ2v) is 20.7. The van der Waals surface area contributed by atoms with E-state index in [0.29, 0.717) is 11.8 Å². The van der Waals surface area contributed by atoms with E-state index in [1.165, 1.54) is 33.0 Å². The van der Waals surface area contributed by atoms with Gasteiger partial charge in [0, 0.05) is 37.9 Å². The molecular weight excluding hydrogens is 829 g/mol. The first-order valence-electron chi connectivity index (χ1n) is 18.2. The number of nitrogens with zero attached hydrogens (tertiary/aromatic N) is 2. The molecule has 0 unspecified atom stereocenters. The first-order valence-corrected chi connectivity index (χ1v) is 21.7. The van der Waals surface area contributed by atoms with Gasteiger partial charge in [-0.05, 0) is 64.5 Å². The molecule has 0 aliphatic carbocycles. The summed E-state index contributed by atoms with van der Waals surface area (Å²) in [6, 6.07) is 38.4. The molecule has 0 fully saturated rings. The van der Waals surface area contributed by atoms with Gasteiger partial charge in [0.05, 0.1) is 13.7 Å². The zero-order chi connectivity index (χ0) is 36.3. The number of aryl methyl sites for hydroxylation is 2. The molecule has 4 aromatic carbocycles. The van der Waals surface area contributed by atoms with Crippen LogP contribution in [-0.2, 0) is 32.9 Å². The fourth-order valence-electron chi connectivity index (χ4n) is 6.70. The molecule has 5 heteroatoms. The second-order valence-electron chi connectivity index (χ2n) is 15.7. The van der Waals surface area contributed by atoms with Gasteiger partial charge < -0.3 is 14.4 Å². The first-order chi connectivity index (χ1) is 24.4. The Kier molecular flexibility index (Phi) is 12.5. The number of rotatable bonds is 8. The van der Waals surface area contributed by atoms with Crippen LogP contribution in [0.2, 0.25) is 19.6 Å². The third-order valence-corrected chi connectivity index (χ3v) is 11.5. The summed E-state index contributed by atoms with van der Waals surface area (Å²) < 4.78 is 6.35. The van der Waals surface area contributed by atoms with Crippen LogP contribution in [0.25, 0.3) is 55.6 Å². The van der Waals surface area contributed by atoms with Gasteiger partial charge in [0.2, 0.25) is 0 Å². The van der Waals surface area contributed by atoms with Crippen molar-refractivity contribution in [2.24, 2.45) is 11.8 Å². The molecule has 0 atom stereocenters. The van der Waals surface area contributed by atoms with Crippen molar-refractivity contribution in [1.29, 1.82) is 0 Å². The van der Waals surface area contributed by atoms with E-state index in [2.05, 4.69) is 163 Å². The zero-order valence-corrected chi connectivity index (χ0v) is 35.4. The molecule has 0 bridgehead atoms. The van der Waals surface area contributed by atoms with Gasteiger partial charge in [-0.15, -0.1) is 53.1 Å². The Hall–Kier alpha value is -4.15. The number of hydrogen-bond acceptors (Lipinski definition) is 3. The summed E-state index contributed by atoms with van der Waals surface area (Å²) in [5.74, 6) is 1.27. The second kappa shape index (κ2) is 16.7. The van der Waals surface area contributed by atoms with Gasteiger partial charge in [-0.1, -0.05) is 138 Å². The predicted molar refractivity (Wildman–Crippen MR) is 219 cm³/mol. The molecule has 3 aromatic heterocycles. The van der Waals surface area contributed by atoms with Crippen LogP contribution in [0.3, 0.4) is 0 Å². The van der Waals surface area contributed by atoms with Gasteiger partial charge in [-0.2, -0.15) is 0 Å². The molecule has 52 heavy (non-hydrogen) atoms. The number of benzene rings is 4. The molecule has 0 N–H and O–H groups in total. The Morgan fingerprint density at radius 1 is 0.712 bits per heavy atom. The number of aromatic nitrogens is 2. The first kappa shape index (κ1) is 39.1. The van der Waals surface area contributed by atoms with Gasteiger partial charge in [-0.25, -0.2) is 0 Å². The number of furan rings is 1. The summed E-state index contributed by atoms with van der Waals surface area (Å²) >= 11 is 0. The van der Waals surface area contributed by atoms with Gasteiger partial charge in [0.1, 0.15) is 5.58 Å². The monoisotopic (exact) mass is 879 g/mol. The van der Waals surface area contributed by atoms with E-state index in [9.17, 15) is 0 Å². The molecule has 0 amide bonds. The summed E-state index contributed by atoms with van der Waals surface area (Å²) in [5, 5.41) is 3.71. The van der Waals surface area contributed by atoms with E-state index in [1.54, 1.807) is 0 Å². The average molecular weight is 879 g/mol. The van der Waals surface area contributed by atoms with E-state index in [4.69, 9.17) is 9.40 Å². The van der Waals surface area contributed by atoms with Crippen LogP contribution in [0, 0.1) is 37.8 Å². The molecule has 0 saturated heterocycles. The van der Waals surface area contributed by atoms with Crippen molar-refractivity contribution in [3.8, 4) is 33.6 Å². The maximum atomic E-state index is 6.35. The van der Waals surface area contributed by atoms with E-state index >= 15 is 0 Å². The number of pyridine rings is 2. The van der Waals surface area contributed by atoms with Gasteiger partial charge in [0.25, 0.3) is 0 Å². The van der Waals surface area contributed by atoms with Crippen LogP contribution < -0.4 is 5.19 Å². The normalized spacial score (nSPS) is 11.5. The Morgan fingerprint density at radius 2 is 1.46 bits per heavy atom. The standard InChI is InChI=1S/C27H22NO.C20H28NSi.Ir/c1-18(2)15-19-13-14-28-25(16-19)24-10-6-9-23-22-12-11-21(17-26(22)29-27(23)24)20-7-4-3-5-8-20;1-14(2)10-18-12-19(21-13-20(18)22(5,6)7)17-9-8-15(3)16(4)11-17;/h3-9,11-14,16-18H,15H2,1-2H3;8,11-14H,10H2,1-7H3;/q2*-1;. The summed E-state index contributed by atoms with van der Waals surface area (Å²) in [5.41, 5.74) is 13.4. The van der Waals surface area contributed by atoms with Crippen LogP contribution in [0.1, 0.15) is 49.9 Å². The molecule has 1 radical (unpaired) electrons. The molecular formula is C47H50IrN2OSi-2. The maximum Gasteiger partial charge on any atom is 0.121 e. The van der Waals surface area contributed by atoms with Crippen molar-refractivity contribution in [2.45, 2.75) is 74.0 Å². The fraction of sp³-hybridized carbons (Fsp3) is 0.277. The largest absolute Gasteiger partial charge is 0.501 e. The van der Waals surface area contributed by atoms with Crippen molar-refractivity contribution < 1.29 is 24.5 Å². The van der Waals surface area contributed by atoms with Crippen LogP contribution in [-0.4, -0.2) is 18.0 Å². The smallest absolute Gasteiger partial charge is 0.121 e. The van der Waals surface area contributed by atoms with E-state index in [1.807, 2.05) is 18.3 Å². The summed E-state index contributed by atoms with van der Waals surface area (Å²) in [4.78, 5) is 9.37. The van der Waals surface area contributed by atoms with E-state index < -0.39 is 8.07 Å². The average Bonchev–Trinajstić information content (AvgIpc) is 3.47. The molecule has 0 aliphatic heterocycles. The van der Waals surface area contributed by atoms with E-state index in [0.717, 1.165) is 62.9 Å². The van der Waals surface area contributed by atoms with E-state index in [-0.39, 0.29) is 20.1 Å². The SMILES string of the molecule is CC(C)Cc1ccnc(-c2[c-]ccc3c2oc2cc(-c4ccccc4)ccc23)c1.Cc1c[c-]c(-c2cc(CC(C)C)c([Si](C)(C)C)cn2)cc1C.[Ir]. The molecule has 7 rings (SSSR count). The minimum Gasteiger partial charge on any atom is -0.501 e. The minimum absolute atomic E-state index is 0. The molecule has 269 valence electrons. The van der Waals surface area contributed by atoms with Gasteiger partial charge >= 0.3 is 0 Å². The molecule has 0 aliphatic rings. The van der Waals surface area contributed by atoms with Crippen LogP contribution in [0.5, 0.6) is 0 Å². The Balaban J connectivity index is 0.000000205. The van der Waals surface area contributed by atoms with Crippen molar-refractivity contribution >= 4 is 35.2 Å². The summed E-state index contributed by atoms with van der Waals surface area (Å²) in [7, 11) is -1.36. The fourth-order valence-corrected chi connectivity index (χ4v) is 8.29. The third-order valence-electron chi connectivity index (χ3n) is 9.39. The van der Waals surface area contributed by atoms with Crippen LogP contribution in [0.15, 0.2) is 108 Å². The Morgan fingerprint density at radius 3 is 2.15 bits per heavy atom. The molecule has 3 nitrogen and oxygen atoms in total. The molecule has 7 aromatic rings. The summed E-state index contributed by atoms with van der Waals surface area (Å²) in [6.45, 7) is 20.5. The topological polar surface area (TPSA) is 38.9 Å². The van der Waals surface area contributed by atoms with Crippen molar-refractivity contribution in [2.75, 3.05) is 0 Å². The van der Waals surface area contributed by atoms with Crippen molar-refractivity contribution in [1.82, 2.24) is 9.97 Å². The molecule has 3 heterocycles. The predicted octanol–water partition coefficient (Wildman–Crippen LogP) is 12.2. The van der Waals surface area contributed by atoms with Gasteiger partial charge in [-0.3, -0.25) is 0 Å². The van der Waals surface area contributed by atoms with Crippen molar-refractivity contribution in [3.63, 3.8) is 0 Å². The third kappa shape index (κ3) is 9.07. The molecule has 0 saturated carbocycles. The zero-order valence-electron chi connectivity index (χ0n) is 32.0. The molecule has 0 spiro atoms. The van der Waals surface area contributed by atoms with Crippen molar-refractivity contribution in [3.05, 3.63) is 138 Å². The van der Waals surface area contributed by atoms with Crippen LogP contribution >= 0.6 is 0 Å². The summed E-state index contributed by atoms with van der Waals surface area (Å²) in [6.07, 6.45) is 6.17. The quantitative estimate of drug-likeness (QED) is 0.113. The Labute approximate surface area is 325 Å². The maximum absolute atomic E-state index is 6.35. The Bertz CT molecular complexity index is 2280. The number of fused-ring (bicyclic) bond motifs is 3. The van der Waals surface area contributed by atoms with Gasteiger partial charge in [0.15, 0.2) is 0 Å². The number of hydrogen-bond donors (Lipinski definition) is 0. The minimum atomic E-state index is -1.36. The van der Waals surface area contributed by atoms with Crippen LogP contribution in [0.4, 0.5) is 0 Å².